The van der Waals surface area contributed by atoms with E-state index in [9.17, 15) is 0 Å². The molecule has 0 aliphatic rings. The number of hydrogen-bond acceptors (Lipinski definition) is 2. The molecule has 8 heavy (non-hydrogen) atoms. The summed E-state index contributed by atoms with van der Waals surface area (Å²) in [6, 6.07) is 0. The van der Waals surface area contributed by atoms with Gasteiger partial charge < -0.3 is 20.8 Å². The molecule has 0 radical (unpaired) electrons. The third-order valence-electron chi connectivity index (χ3n) is 0. The molecule has 0 amide bonds. The predicted octanol–water partition coefficient (Wildman–Crippen LogP) is -2.33. The quantitative estimate of drug-likeness (QED) is 0.247. The van der Waals surface area contributed by atoms with Crippen LogP contribution in [-0.2, 0) is 4.57 Å². The van der Waals surface area contributed by atoms with E-state index in [2.05, 4.69) is 0 Å². The number of rotatable bonds is 0. The van der Waals surface area contributed by atoms with Crippen molar-refractivity contribution in [1.82, 2.24) is 6.15 Å². The Balaban J connectivity index is -0.0000000267. The van der Waals surface area contributed by atoms with Crippen LogP contribution in [0.25, 0.3) is 0 Å². The Morgan fingerprint density at radius 1 is 1.12 bits per heavy atom. The fourth-order valence-electron chi connectivity index (χ4n) is 0. The van der Waals surface area contributed by atoms with Crippen molar-refractivity contribution in [3.8, 4) is 0 Å². The van der Waals surface area contributed by atoms with Gasteiger partial charge in [-0.05, 0) is 0 Å². The zero-order chi connectivity index (χ0) is 4.50. The SMILES string of the molecule is N.O=P(O)(O)O.[CaH2].[NaH]. The fourth-order valence-corrected chi connectivity index (χ4v) is 0. The molecule has 0 aromatic heterocycles. The molecule has 0 aromatic rings. The van der Waals surface area contributed by atoms with Gasteiger partial charge in [-0.1, -0.05) is 0 Å². The van der Waals surface area contributed by atoms with Crippen molar-refractivity contribution >= 4 is 75.1 Å². The zero-order valence-electron chi connectivity index (χ0n) is 2.90. The summed E-state index contributed by atoms with van der Waals surface area (Å²) >= 11 is 0. The second-order valence-corrected chi connectivity index (χ2v) is 1.54. The molecule has 0 aromatic carbocycles. The van der Waals surface area contributed by atoms with Gasteiger partial charge in [0, 0.05) is 0 Å². The summed E-state index contributed by atoms with van der Waals surface area (Å²) < 4.78 is 8.88. The van der Waals surface area contributed by atoms with E-state index >= 15 is 0 Å². The summed E-state index contributed by atoms with van der Waals surface area (Å²) in [7, 11) is -4.64. The summed E-state index contributed by atoms with van der Waals surface area (Å²) in [5.41, 5.74) is 0. The Morgan fingerprint density at radius 2 is 1.12 bits per heavy atom. The van der Waals surface area contributed by atoms with E-state index in [0.29, 0.717) is 0 Å². The van der Waals surface area contributed by atoms with Crippen LogP contribution in [0.5, 0.6) is 0 Å². The Morgan fingerprint density at radius 3 is 1.12 bits per heavy atom. The summed E-state index contributed by atoms with van der Waals surface area (Å²) in [6.45, 7) is 0. The van der Waals surface area contributed by atoms with Crippen LogP contribution in [-0.4, -0.2) is 82.0 Å². The van der Waals surface area contributed by atoms with Gasteiger partial charge in [-0.2, -0.15) is 0 Å². The molecule has 0 saturated heterocycles. The summed E-state index contributed by atoms with van der Waals surface area (Å²) in [5.74, 6) is 0. The molecule has 46 valence electrons. The maximum absolute atomic E-state index is 8.88. The van der Waals surface area contributed by atoms with Gasteiger partial charge in [0.25, 0.3) is 0 Å². The van der Waals surface area contributed by atoms with Crippen LogP contribution in [0.4, 0.5) is 0 Å². The van der Waals surface area contributed by atoms with Gasteiger partial charge in [-0.15, -0.1) is 0 Å². The van der Waals surface area contributed by atoms with Crippen molar-refractivity contribution in [2.24, 2.45) is 0 Å². The van der Waals surface area contributed by atoms with Crippen LogP contribution in [0, 0.1) is 0 Å². The van der Waals surface area contributed by atoms with Crippen molar-refractivity contribution in [3.63, 3.8) is 0 Å². The van der Waals surface area contributed by atoms with Crippen LogP contribution in [0.1, 0.15) is 0 Å². The molecule has 0 saturated carbocycles. The minimum atomic E-state index is -4.64. The summed E-state index contributed by atoms with van der Waals surface area (Å²) in [5, 5.41) is 0. The summed E-state index contributed by atoms with van der Waals surface area (Å²) in [6.07, 6.45) is 0. The first-order valence-electron chi connectivity index (χ1n) is 0.783. The first-order valence-corrected chi connectivity index (χ1v) is 2.35. The molecule has 6 N–H and O–H groups in total. The predicted molar refractivity (Wildman–Crippen MR) is 35.0 cm³/mol. The van der Waals surface area contributed by atoms with Gasteiger partial charge in [0.1, 0.15) is 0 Å². The van der Waals surface area contributed by atoms with Gasteiger partial charge >= 0.3 is 75.1 Å². The van der Waals surface area contributed by atoms with Gasteiger partial charge in [0.15, 0.2) is 0 Å². The monoisotopic (exact) mass is 181 g/mol. The van der Waals surface area contributed by atoms with E-state index < -0.39 is 7.82 Å². The third-order valence-corrected chi connectivity index (χ3v) is 0. The second-order valence-electron chi connectivity index (χ2n) is 0.513. The van der Waals surface area contributed by atoms with Crippen molar-refractivity contribution in [3.05, 3.63) is 0 Å². The standard InChI is InChI=1S/Ca.H3N.Na.H3O4P.3H/c;;;1-5(2,3)4;;;/h;1H3;;(H3,1,2,3,4);;;. The Hall–Kier alpha value is 2.33. The van der Waals surface area contributed by atoms with Crippen LogP contribution in [0.15, 0.2) is 0 Å². The van der Waals surface area contributed by atoms with E-state index in [0.717, 1.165) is 0 Å². The Bertz CT molecular complexity index is 62.2. The van der Waals surface area contributed by atoms with Crippen LogP contribution < -0.4 is 6.15 Å². The van der Waals surface area contributed by atoms with E-state index in [-0.39, 0.29) is 73.4 Å². The molecular weight excluding hydrogens is 172 g/mol. The normalized spacial score (nSPS) is 7.38. The molecule has 0 atom stereocenters. The molecule has 0 spiro atoms. The molecule has 0 aliphatic carbocycles. The van der Waals surface area contributed by atoms with E-state index in [1.54, 1.807) is 0 Å². The molecule has 0 unspecified atom stereocenters. The first kappa shape index (κ1) is 22.4. The number of hydrogen-bond donors (Lipinski definition) is 4. The Labute approximate surface area is 99.0 Å². The molecule has 0 aliphatic heterocycles. The molecular formula is H9CaNNaO4P. The van der Waals surface area contributed by atoms with Crippen molar-refractivity contribution in [2.75, 3.05) is 0 Å². The number of phosphoric acid groups is 1. The van der Waals surface area contributed by atoms with E-state index in [1.807, 2.05) is 0 Å². The maximum atomic E-state index is 8.88. The van der Waals surface area contributed by atoms with E-state index in [1.165, 1.54) is 0 Å². The van der Waals surface area contributed by atoms with Crippen molar-refractivity contribution in [1.29, 1.82) is 0 Å². The molecule has 0 fully saturated rings. The van der Waals surface area contributed by atoms with Gasteiger partial charge in [0.2, 0.25) is 0 Å². The molecule has 0 rings (SSSR count). The van der Waals surface area contributed by atoms with Crippen LogP contribution >= 0.6 is 7.82 Å². The molecule has 5 nitrogen and oxygen atoms in total. The minimum absolute atomic E-state index is 0. The zero-order valence-corrected chi connectivity index (χ0v) is 3.80. The molecule has 0 bridgehead atoms. The van der Waals surface area contributed by atoms with Gasteiger partial charge in [0.05, 0.1) is 0 Å². The fraction of sp³-hybridized carbons (Fsp3) is 0. The van der Waals surface area contributed by atoms with Crippen LogP contribution in [0.3, 0.4) is 0 Å². The average Bonchev–Trinajstić information content (AvgIpc) is 0.722. The first-order chi connectivity index (χ1) is 2.00. The topological polar surface area (TPSA) is 113 Å². The molecule has 8 heteroatoms. The van der Waals surface area contributed by atoms with Gasteiger partial charge in [-0.3, -0.25) is 0 Å². The van der Waals surface area contributed by atoms with E-state index in [4.69, 9.17) is 19.2 Å². The van der Waals surface area contributed by atoms with Crippen molar-refractivity contribution in [2.45, 2.75) is 0 Å². The van der Waals surface area contributed by atoms with Crippen LogP contribution in [0.2, 0.25) is 0 Å². The average molecular weight is 181 g/mol. The molecule has 0 heterocycles. The van der Waals surface area contributed by atoms with Gasteiger partial charge in [-0.25, -0.2) is 4.57 Å². The second kappa shape index (κ2) is 9.33. The summed E-state index contributed by atoms with van der Waals surface area (Å²) in [4.78, 5) is 21.6. The Kier molecular flexibility index (Phi) is 26.2. The third kappa shape index (κ3) is 82.5. The van der Waals surface area contributed by atoms with Crippen molar-refractivity contribution < 1.29 is 19.2 Å².